The molecule has 0 bridgehead atoms. The third-order valence-electron chi connectivity index (χ3n) is 3.85. The lowest BCUT2D eigenvalue weighted by atomic mass is 10.0. The highest BCUT2D eigenvalue weighted by Gasteiger charge is 2.28. The molecule has 1 aliphatic heterocycles. The molecule has 2 heterocycles. The first-order valence-corrected chi connectivity index (χ1v) is 6.80. The molecule has 0 saturated carbocycles. The van der Waals surface area contributed by atoms with E-state index >= 15 is 0 Å². The molecule has 4 nitrogen and oxygen atoms in total. The molecular weight excluding hydrogens is 254 g/mol. The number of rotatable bonds is 0. The quantitative estimate of drug-likeness (QED) is 0.692. The highest BCUT2D eigenvalue weighted by Crippen LogP contribution is 2.34. The third-order valence-corrected chi connectivity index (χ3v) is 3.85. The van der Waals surface area contributed by atoms with E-state index in [4.69, 9.17) is 9.15 Å². The van der Waals surface area contributed by atoms with Gasteiger partial charge >= 0.3 is 5.63 Å². The zero-order valence-electron chi connectivity index (χ0n) is 12.3. The fourth-order valence-corrected chi connectivity index (χ4v) is 2.52. The summed E-state index contributed by atoms with van der Waals surface area (Å²) in [6, 6.07) is 5.45. The lowest BCUT2D eigenvalue weighted by molar-refractivity contribution is 0.0221. The Kier molecular flexibility index (Phi) is 2.87. The molecule has 0 atom stereocenters. The molecule has 1 aromatic carbocycles. The van der Waals surface area contributed by atoms with Crippen LogP contribution in [-0.4, -0.2) is 17.2 Å². The first-order valence-electron chi connectivity index (χ1n) is 6.80. The van der Waals surface area contributed by atoms with Crippen molar-refractivity contribution in [3.05, 3.63) is 39.7 Å². The van der Waals surface area contributed by atoms with Crippen LogP contribution in [-0.2, 0) is 6.54 Å². The molecule has 0 aliphatic carbocycles. The van der Waals surface area contributed by atoms with Crippen LogP contribution < -0.4 is 10.4 Å². The Morgan fingerprint density at radius 1 is 1.25 bits per heavy atom. The van der Waals surface area contributed by atoms with Gasteiger partial charge in [-0.2, -0.15) is 0 Å². The summed E-state index contributed by atoms with van der Waals surface area (Å²) in [7, 11) is 0. The van der Waals surface area contributed by atoms with Crippen LogP contribution in [0.3, 0.4) is 0 Å². The van der Waals surface area contributed by atoms with Crippen LogP contribution in [0.15, 0.2) is 27.4 Å². The second-order valence-corrected chi connectivity index (χ2v) is 6.31. The average Bonchev–Trinajstić information content (AvgIpc) is 2.36. The van der Waals surface area contributed by atoms with Gasteiger partial charge in [0, 0.05) is 23.5 Å². The molecule has 1 aromatic heterocycles. The zero-order chi connectivity index (χ0) is 14.5. The maximum atomic E-state index is 11.6. The maximum Gasteiger partial charge on any atom is 0.336 e. The summed E-state index contributed by atoms with van der Waals surface area (Å²) in [4.78, 5) is 13.9. The minimum atomic E-state index is -0.309. The molecule has 3 rings (SSSR count). The van der Waals surface area contributed by atoms with E-state index in [0.717, 1.165) is 28.8 Å². The SMILES string of the molecule is Cc1cc(=O)oc2c3c(ccc12)OCN(C(C)(C)C)C3. The monoisotopic (exact) mass is 273 g/mol. The van der Waals surface area contributed by atoms with Gasteiger partial charge in [0.2, 0.25) is 0 Å². The van der Waals surface area contributed by atoms with E-state index in [2.05, 4.69) is 25.7 Å². The Morgan fingerprint density at radius 2 is 2.00 bits per heavy atom. The molecule has 2 aromatic rings. The maximum absolute atomic E-state index is 11.6. The predicted molar refractivity (Wildman–Crippen MR) is 78.0 cm³/mol. The van der Waals surface area contributed by atoms with E-state index in [1.807, 2.05) is 19.1 Å². The number of nitrogens with zero attached hydrogens (tertiary/aromatic N) is 1. The van der Waals surface area contributed by atoms with Crippen LogP contribution in [0.4, 0.5) is 0 Å². The Bertz CT molecular complexity index is 725. The molecule has 0 N–H and O–H groups in total. The lowest BCUT2D eigenvalue weighted by Crippen LogP contribution is -2.45. The highest BCUT2D eigenvalue weighted by molar-refractivity contribution is 5.85. The molecule has 4 heteroatoms. The molecule has 0 fully saturated rings. The predicted octanol–water partition coefficient (Wildman–Crippen LogP) is 3.05. The Labute approximate surface area is 118 Å². The summed E-state index contributed by atoms with van der Waals surface area (Å²) in [6.07, 6.45) is 0. The number of aryl methyl sites for hydroxylation is 1. The second-order valence-electron chi connectivity index (χ2n) is 6.31. The topological polar surface area (TPSA) is 42.7 Å². The van der Waals surface area contributed by atoms with E-state index in [0.29, 0.717) is 12.3 Å². The Hall–Kier alpha value is -1.81. The smallest absolute Gasteiger partial charge is 0.336 e. The van der Waals surface area contributed by atoms with Crippen molar-refractivity contribution in [2.45, 2.75) is 39.8 Å². The van der Waals surface area contributed by atoms with Crippen LogP contribution in [0.2, 0.25) is 0 Å². The second kappa shape index (κ2) is 4.35. The molecule has 0 amide bonds. The normalized spacial score (nSPS) is 16.0. The molecule has 1 aliphatic rings. The van der Waals surface area contributed by atoms with Gasteiger partial charge in [-0.3, -0.25) is 4.90 Å². The summed E-state index contributed by atoms with van der Waals surface area (Å²) in [5.74, 6) is 0.812. The van der Waals surface area contributed by atoms with Crippen molar-refractivity contribution in [1.29, 1.82) is 0 Å². The van der Waals surface area contributed by atoms with Crippen molar-refractivity contribution in [3.63, 3.8) is 0 Å². The van der Waals surface area contributed by atoms with Gasteiger partial charge in [-0.15, -0.1) is 0 Å². The summed E-state index contributed by atoms with van der Waals surface area (Å²) in [6.45, 7) is 9.65. The standard InChI is InChI=1S/C16H19NO3/c1-10-7-14(18)20-15-11(10)5-6-13-12(15)8-17(9-19-13)16(2,3)4/h5-7H,8-9H2,1-4H3. The first-order chi connectivity index (χ1) is 9.36. The molecule has 0 unspecified atom stereocenters. The molecule has 0 spiro atoms. The summed E-state index contributed by atoms with van der Waals surface area (Å²) in [5, 5.41) is 0.975. The number of hydrogen-bond donors (Lipinski definition) is 0. The average molecular weight is 273 g/mol. The van der Waals surface area contributed by atoms with E-state index < -0.39 is 0 Å². The number of fused-ring (bicyclic) bond motifs is 3. The minimum Gasteiger partial charge on any atom is -0.478 e. The van der Waals surface area contributed by atoms with Crippen molar-refractivity contribution in [2.75, 3.05) is 6.73 Å². The van der Waals surface area contributed by atoms with Crippen molar-refractivity contribution in [2.24, 2.45) is 0 Å². The molecule has 20 heavy (non-hydrogen) atoms. The largest absolute Gasteiger partial charge is 0.478 e. The Balaban J connectivity index is 2.20. The van der Waals surface area contributed by atoms with Crippen molar-refractivity contribution in [3.8, 4) is 5.75 Å². The van der Waals surface area contributed by atoms with Gasteiger partial charge in [-0.25, -0.2) is 4.79 Å². The van der Waals surface area contributed by atoms with Crippen LogP contribution in [0, 0.1) is 6.92 Å². The number of ether oxygens (including phenoxy) is 1. The van der Waals surface area contributed by atoms with Gasteiger partial charge in [-0.1, -0.05) is 0 Å². The van der Waals surface area contributed by atoms with Crippen LogP contribution >= 0.6 is 0 Å². The van der Waals surface area contributed by atoms with Gasteiger partial charge in [0.25, 0.3) is 0 Å². The van der Waals surface area contributed by atoms with Crippen LogP contribution in [0.25, 0.3) is 11.0 Å². The fourth-order valence-electron chi connectivity index (χ4n) is 2.52. The van der Waals surface area contributed by atoms with Crippen molar-refractivity contribution in [1.82, 2.24) is 4.90 Å². The summed E-state index contributed by atoms with van der Waals surface area (Å²) in [5.41, 5.74) is 2.25. The van der Waals surface area contributed by atoms with Crippen molar-refractivity contribution >= 4 is 11.0 Å². The van der Waals surface area contributed by atoms with E-state index in [1.165, 1.54) is 6.07 Å². The van der Waals surface area contributed by atoms with Gasteiger partial charge in [0.1, 0.15) is 18.1 Å². The molecule has 0 saturated heterocycles. The minimum absolute atomic E-state index is 0.00394. The number of hydrogen-bond acceptors (Lipinski definition) is 4. The van der Waals surface area contributed by atoms with Crippen LogP contribution in [0.5, 0.6) is 5.75 Å². The van der Waals surface area contributed by atoms with Gasteiger partial charge in [0.05, 0.1) is 5.56 Å². The summed E-state index contributed by atoms with van der Waals surface area (Å²) >= 11 is 0. The van der Waals surface area contributed by atoms with E-state index in [-0.39, 0.29) is 11.2 Å². The lowest BCUT2D eigenvalue weighted by Gasteiger charge is -2.38. The summed E-state index contributed by atoms with van der Waals surface area (Å²) < 4.78 is 11.3. The van der Waals surface area contributed by atoms with Crippen LogP contribution in [0.1, 0.15) is 31.9 Å². The van der Waals surface area contributed by atoms with E-state index in [1.54, 1.807) is 0 Å². The highest BCUT2D eigenvalue weighted by atomic mass is 16.5. The third kappa shape index (κ3) is 2.10. The zero-order valence-corrected chi connectivity index (χ0v) is 12.3. The number of benzene rings is 1. The first kappa shape index (κ1) is 13.2. The molecule has 106 valence electrons. The molecular formula is C16H19NO3. The fraction of sp³-hybridized carbons (Fsp3) is 0.438. The van der Waals surface area contributed by atoms with Gasteiger partial charge in [-0.05, 0) is 45.4 Å². The van der Waals surface area contributed by atoms with Crippen molar-refractivity contribution < 1.29 is 9.15 Å². The Morgan fingerprint density at radius 3 is 2.70 bits per heavy atom. The van der Waals surface area contributed by atoms with Gasteiger partial charge < -0.3 is 9.15 Å². The van der Waals surface area contributed by atoms with E-state index in [9.17, 15) is 4.79 Å². The molecule has 0 radical (unpaired) electrons. The van der Waals surface area contributed by atoms with Gasteiger partial charge in [0.15, 0.2) is 0 Å².